The Balaban J connectivity index is 1.75. The Bertz CT molecular complexity index is 1000. The quantitative estimate of drug-likeness (QED) is 0.726. The standard InChI is InChI=1S/C21H19FN2O4S/c1-3-27-18-10-14(11-19-20(26)24-21(29-19)23-13(2)25)7-8-17(18)28-12-15-5-4-6-16(22)9-15/h4-11H,3,12H2,1-2H3,(H,23,24,25,26)/b19-11-. The summed E-state index contributed by atoms with van der Waals surface area (Å²) >= 11 is 1.10. The van der Waals surface area contributed by atoms with Gasteiger partial charge >= 0.3 is 0 Å². The van der Waals surface area contributed by atoms with Crippen LogP contribution in [0, 0.1) is 5.82 Å². The molecule has 0 atom stereocenters. The molecule has 0 aliphatic carbocycles. The molecule has 0 spiro atoms. The number of aliphatic imine (C=N–C) groups is 1. The van der Waals surface area contributed by atoms with Gasteiger partial charge in [-0.1, -0.05) is 18.2 Å². The van der Waals surface area contributed by atoms with Gasteiger partial charge in [0.15, 0.2) is 16.7 Å². The zero-order chi connectivity index (χ0) is 20.8. The third-order valence-corrected chi connectivity index (χ3v) is 4.65. The largest absolute Gasteiger partial charge is 0.490 e. The highest BCUT2D eigenvalue weighted by Crippen LogP contribution is 2.32. The van der Waals surface area contributed by atoms with Gasteiger partial charge in [-0.25, -0.2) is 4.39 Å². The third kappa shape index (κ3) is 5.68. The fourth-order valence-electron chi connectivity index (χ4n) is 2.55. The van der Waals surface area contributed by atoms with E-state index >= 15 is 0 Å². The van der Waals surface area contributed by atoms with Crippen LogP contribution in [0.15, 0.2) is 52.4 Å². The predicted octanol–water partition coefficient (Wildman–Crippen LogP) is 3.91. The molecule has 0 unspecified atom stereocenters. The molecular weight excluding hydrogens is 395 g/mol. The lowest BCUT2D eigenvalue weighted by Crippen LogP contribution is -2.23. The van der Waals surface area contributed by atoms with Crippen LogP contribution in [0.3, 0.4) is 0 Å². The lowest BCUT2D eigenvalue weighted by atomic mass is 10.2. The highest BCUT2D eigenvalue weighted by atomic mass is 32.2. The number of nitrogens with one attached hydrogen (secondary N) is 1. The SMILES string of the molecule is CCOc1cc(/C=C2\SC(NC(C)=O)=NC2=O)ccc1OCc1cccc(F)c1. The maximum Gasteiger partial charge on any atom is 0.286 e. The van der Waals surface area contributed by atoms with Crippen LogP contribution >= 0.6 is 11.8 Å². The number of hydrogen-bond acceptors (Lipinski definition) is 5. The van der Waals surface area contributed by atoms with E-state index in [-0.39, 0.29) is 23.5 Å². The van der Waals surface area contributed by atoms with Crippen LogP contribution in [-0.4, -0.2) is 23.6 Å². The van der Waals surface area contributed by atoms with Crippen molar-refractivity contribution in [2.24, 2.45) is 4.99 Å². The monoisotopic (exact) mass is 414 g/mol. The average Bonchev–Trinajstić information content (AvgIpc) is 2.99. The fourth-order valence-corrected chi connectivity index (χ4v) is 3.41. The fraction of sp³-hybridized carbons (Fsp3) is 0.190. The Kier molecular flexibility index (Phi) is 6.66. The molecule has 3 rings (SSSR count). The van der Waals surface area contributed by atoms with Gasteiger partial charge < -0.3 is 14.8 Å². The molecule has 0 saturated carbocycles. The van der Waals surface area contributed by atoms with Gasteiger partial charge in [0.1, 0.15) is 12.4 Å². The van der Waals surface area contributed by atoms with Crippen molar-refractivity contribution >= 4 is 34.8 Å². The molecule has 0 fully saturated rings. The molecule has 1 aliphatic rings. The van der Waals surface area contributed by atoms with Gasteiger partial charge in [-0.15, -0.1) is 0 Å². The summed E-state index contributed by atoms with van der Waals surface area (Å²) in [6.07, 6.45) is 1.67. The minimum atomic E-state index is -0.414. The smallest absolute Gasteiger partial charge is 0.286 e. The number of halogens is 1. The molecule has 8 heteroatoms. The molecule has 0 bridgehead atoms. The maximum absolute atomic E-state index is 13.3. The van der Waals surface area contributed by atoms with Gasteiger partial charge in [0, 0.05) is 6.92 Å². The van der Waals surface area contributed by atoms with Crippen molar-refractivity contribution < 1.29 is 23.5 Å². The second-order valence-electron chi connectivity index (χ2n) is 6.07. The summed E-state index contributed by atoms with van der Waals surface area (Å²) in [5.74, 6) is 0.0000998. The minimum Gasteiger partial charge on any atom is -0.490 e. The Morgan fingerprint density at radius 2 is 2.03 bits per heavy atom. The Morgan fingerprint density at radius 3 is 2.76 bits per heavy atom. The van der Waals surface area contributed by atoms with Crippen LogP contribution in [0.25, 0.3) is 6.08 Å². The van der Waals surface area contributed by atoms with Crippen molar-refractivity contribution in [3.8, 4) is 11.5 Å². The van der Waals surface area contributed by atoms with Crippen molar-refractivity contribution in [2.75, 3.05) is 6.61 Å². The Hall–Kier alpha value is -3.13. The first kappa shape index (κ1) is 20.6. The lowest BCUT2D eigenvalue weighted by molar-refractivity contribution is -0.117. The van der Waals surface area contributed by atoms with E-state index in [9.17, 15) is 14.0 Å². The van der Waals surface area contributed by atoms with Crippen molar-refractivity contribution in [1.82, 2.24) is 5.32 Å². The number of rotatable bonds is 6. The molecule has 2 amide bonds. The number of ether oxygens (including phenoxy) is 2. The molecule has 1 N–H and O–H groups in total. The van der Waals surface area contributed by atoms with E-state index in [4.69, 9.17) is 9.47 Å². The van der Waals surface area contributed by atoms with Gasteiger partial charge in [0.25, 0.3) is 5.91 Å². The van der Waals surface area contributed by atoms with Gasteiger partial charge in [-0.3, -0.25) is 9.59 Å². The van der Waals surface area contributed by atoms with Crippen LogP contribution in [0.1, 0.15) is 25.0 Å². The highest BCUT2D eigenvalue weighted by molar-refractivity contribution is 8.18. The first-order valence-electron chi connectivity index (χ1n) is 8.89. The molecule has 150 valence electrons. The van der Waals surface area contributed by atoms with Gasteiger partial charge in [0.2, 0.25) is 5.91 Å². The summed E-state index contributed by atoms with van der Waals surface area (Å²) in [6, 6.07) is 11.5. The number of amidine groups is 1. The summed E-state index contributed by atoms with van der Waals surface area (Å²) in [5, 5.41) is 2.76. The summed E-state index contributed by atoms with van der Waals surface area (Å²) < 4.78 is 24.8. The summed E-state index contributed by atoms with van der Waals surface area (Å²) in [4.78, 5) is 27.3. The van der Waals surface area contributed by atoms with E-state index in [1.54, 1.807) is 36.4 Å². The zero-order valence-corrected chi connectivity index (χ0v) is 16.7. The lowest BCUT2D eigenvalue weighted by Gasteiger charge is -2.13. The van der Waals surface area contributed by atoms with Crippen molar-refractivity contribution in [1.29, 1.82) is 0 Å². The Labute approximate surface area is 171 Å². The third-order valence-electron chi connectivity index (χ3n) is 3.75. The van der Waals surface area contributed by atoms with E-state index in [0.29, 0.717) is 28.6 Å². The summed E-state index contributed by atoms with van der Waals surface area (Å²) in [6.45, 7) is 3.83. The normalized spacial score (nSPS) is 14.7. The van der Waals surface area contributed by atoms with E-state index in [2.05, 4.69) is 10.3 Å². The number of hydrogen-bond donors (Lipinski definition) is 1. The van der Waals surface area contributed by atoms with Crippen molar-refractivity contribution in [3.63, 3.8) is 0 Å². The second-order valence-corrected chi connectivity index (χ2v) is 7.10. The van der Waals surface area contributed by atoms with E-state index in [1.807, 2.05) is 6.92 Å². The van der Waals surface area contributed by atoms with Crippen molar-refractivity contribution in [3.05, 3.63) is 64.3 Å². The molecule has 6 nitrogen and oxygen atoms in total. The number of carbonyl (C=O) groups is 2. The number of amides is 2. The highest BCUT2D eigenvalue weighted by Gasteiger charge is 2.22. The van der Waals surface area contributed by atoms with Crippen LogP contribution in [0.2, 0.25) is 0 Å². The molecule has 1 heterocycles. The molecule has 29 heavy (non-hydrogen) atoms. The minimum absolute atomic E-state index is 0.195. The van der Waals surface area contributed by atoms with Gasteiger partial charge in [0.05, 0.1) is 11.5 Å². The molecule has 0 saturated heterocycles. The second kappa shape index (κ2) is 9.38. The van der Waals surface area contributed by atoms with Gasteiger partial charge in [-0.2, -0.15) is 4.99 Å². The summed E-state index contributed by atoms with van der Waals surface area (Å²) in [7, 11) is 0. The number of nitrogens with zero attached hydrogens (tertiary/aromatic N) is 1. The summed E-state index contributed by atoms with van der Waals surface area (Å²) in [5.41, 5.74) is 1.43. The number of carbonyl (C=O) groups excluding carboxylic acids is 2. The average molecular weight is 414 g/mol. The first-order chi connectivity index (χ1) is 13.9. The van der Waals surface area contributed by atoms with Crippen LogP contribution < -0.4 is 14.8 Å². The molecular formula is C21H19FN2O4S. The number of thioether (sulfide) groups is 1. The van der Waals surface area contributed by atoms with E-state index in [0.717, 1.165) is 17.3 Å². The number of benzene rings is 2. The molecule has 0 radical (unpaired) electrons. The topological polar surface area (TPSA) is 77.0 Å². The first-order valence-corrected chi connectivity index (χ1v) is 9.70. The van der Waals surface area contributed by atoms with E-state index in [1.165, 1.54) is 19.1 Å². The van der Waals surface area contributed by atoms with Crippen LogP contribution in [0.5, 0.6) is 11.5 Å². The van der Waals surface area contributed by atoms with E-state index < -0.39 is 5.91 Å². The maximum atomic E-state index is 13.3. The molecule has 1 aliphatic heterocycles. The van der Waals surface area contributed by atoms with Crippen LogP contribution in [-0.2, 0) is 16.2 Å². The molecule has 2 aromatic rings. The van der Waals surface area contributed by atoms with Gasteiger partial charge in [-0.05, 0) is 60.2 Å². The van der Waals surface area contributed by atoms with Crippen molar-refractivity contribution in [2.45, 2.75) is 20.5 Å². The predicted molar refractivity (Wildman–Crippen MR) is 110 cm³/mol. The molecule has 2 aromatic carbocycles. The molecule has 0 aromatic heterocycles. The zero-order valence-electron chi connectivity index (χ0n) is 15.9. The van der Waals surface area contributed by atoms with Crippen LogP contribution in [0.4, 0.5) is 4.39 Å². The Morgan fingerprint density at radius 1 is 1.21 bits per heavy atom.